The fourth-order valence-corrected chi connectivity index (χ4v) is 3.49. The van der Waals surface area contributed by atoms with Crippen LogP contribution in [-0.4, -0.2) is 20.9 Å². The van der Waals surface area contributed by atoms with E-state index in [0.717, 1.165) is 46.3 Å². The molecule has 4 aromatic rings. The Hall–Kier alpha value is -3.21. The number of hydrogen-bond donors (Lipinski definition) is 2. The van der Waals surface area contributed by atoms with E-state index in [4.69, 9.17) is 4.98 Å². The zero-order chi connectivity index (χ0) is 18.4. The van der Waals surface area contributed by atoms with Gasteiger partial charge in [-0.25, -0.2) is 4.98 Å². The van der Waals surface area contributed by atoms with Crippen molar-refractivity contribution in [1.29, 1.82) is 0 Å². The second-order valence-electron chi connectivity index (χ2n) is 7.22. The van der Waals surface area contributed by atoms with E-state index >= 15 is 0 Å². The molecule has 2 heterocycles. The molecule has 27 heavy (non-hydrogen) atoms. The van der Waals surface area contributed by atoms with Gasteiger partial charge in [0.1, 0.15) is 5.82 Å². The normalized spacial score (nSPS) is 15.1. The third kappa shape index (κ3) is 2.95. The van der Waals surface area contributed by atoms with Crippen molar-refractivity contribution in [2.45, 2.75) is 31.7 Å². The van der Waals surface area contributed by atoms with Gasteiger partial charge in [-0.2, -0.15) is 0 Å². The Labute approximate surface area is 156 Å². The molecule has 0 saturated heterocycles. The number of pyridine rings is 1. The summed E-state index contributed by atoms with van der Waals surface area (Å²) in [7, 11) is 0. The molecule has 5 nitrogen and oxygen atoms in total. The lowest BCUT2D eigenvalue weighted by molar-refractivity contribution is 0.0940. The summed E-state index contributed by atoms with van der Waals surface area (Å²) in [5, 5.41) is 3.98. The molecule has 1 unspecified atom stereocenters. The van der Waals surface area contributed by atoms with Crippen LogP contribution in [0.5, 0.6) is 0 Å². The third-order valence-corrected chi connectivity index (χ3v) is 5.14. The number of para-hydroxylation sites is 3. The molecule has 2 N–H and O–H groups in total. The van der Waals surface area contributed by atoms with E-state index in [2.05, 4.69) is 15.3 Å². The Balaban J connectivity index is 1.48. The number of carbonyl (C=O) groups excluding carboxylic acids is 1. The van der Waals surface area contributed by atoms with Crippen molar-refractivity contribution in [2.24, 2.45) is 0 Å². The number of fused-ring (bicyclic) bond motifs is 2. The molecule has 2 aromatic carbocycles. The lowest BCUT2D eigenvalue weighted by Crippen LogP contribution is -2.27. The third-order valence-electron chi connectivity index (χ3n) is 5.14. The van der Waals surface area contributed by atoms with E-state index in [0.29, 0.717) is 11.5 Å². The van der Waals surface area contributed by atoms with E-state index in [1.54, 1.807) is 0 Å². The predicted octanol–water partition coefficient (Wildman–Crippen LogP) is 4.48. The van der Waals surface area contributed by atoms with Gasteiger partial charge in [0.25, 0.3) is 5.91 Å². The predicted molar refractivity (Wildman–Crippen MR) is 106 cm³/mol. The van der Waals surface area contributed by atoms with Crippen LogP contribution in [0.1, 0.15) is 53.6 Å². The van der Waals surface area contributed by atoms with E-state index < -0.39 is 0 Å². The molecule has 1 fully saturated rings. The highest BCUT2D eigenvalue weighted by atomic mass is 16.1. The number of carbonyl (C=O) groups is 1. The maximum atomic E-state index is 13.1. The first-order valence-electron chi connectivity index (χ1n) is 9.34. The largest absolute Gasteiger partial charge is 0.342 e. The average Bonchev–Trinajstić information content (AvgIpc) is 3.45. The van der Waals surface area contributed by atoms with E-state index in [-0.39, 0.29) is 11.9 Å². The Morgan fingerprint density at radius 1 is 1.07 bits per heavy atom. The average molecular weight is 356 g/mol. The van der Waals surface area contributed by atoms with E-state index in [1.165, 1.54) is 0 Å². The van der Waals surface area contributed by atoms with Gasteiger partial charge in [0.15, 0.2) is 0 Å². The number of H-pyrrole nitrogens is 1. The van der Waals surface area contributed by atoms with E-state index in [1.807, 2.05) is 61.5 Å². The molecule has 0 spiro atoms. The van der Waals surface area contributed by atoms with Gasteiger partial charge in [-0.15, -0.1) is 0 Å². The molecule has 1 amide bonds. The van der Waals surface area contributed by atoms with Gasteiger partial charge < -0.3 is 10.3 Å². The first-order chi connectivity index (χ1) is 13.2. The Kier molecular flexibility index (Phi) is 3.67. The molecule has 0 bridgehead atoms. The Morgan fingerprint density at radius 3 is 2.59 bits per heavy atom. The maximum Gasteiger partial charge on any atom is 0.252 e. The van der Waals surface area contributed by atoms with Crippen LogP contribution in [0.2, 0.25) is 0 Å². The van der Waals surface area contributed by atoms with Gasteiger partial charge in [0.2, 0.25) is 0 Å². The minimum Gasteiger partial charge on any atom is -0.342 e. The van der Waals surface area contributed by atoms with Crippen LogP contribution in [0, 0.1) is 0 Å². The molecule has 5 rings (SSSR count). The van der Waals surface area contributed by atoms with Gasteiger partial charge in [0.05, 0.1) is 28.2 Å². The quantitative estimate of drug-likeness (QED) is 0.566. The van der Waals surface area contributed by atoms with Crippen LogP contribution in [0.15, 0.2) is 54.6 Å². The summed E-state index contributed by atoms with van der Waals surface area (Å²) in [5.74, 6) is 1.16. The molecule has 1 aliphatic rings. The summed E-state index contributed by atoms with van der Waals surface area (Å²) >= 11 is 0. The summed E-state index contributed by atoms with van der Waals surface area (Å²) in [4.78, 5) is 25.7. The number of imidazole rings is 1. The number of nitrogens with one attached hydrogen (secondary N) is 2. The van der Waals surface area contributed by atoms with Gasteiger partial charge in [-0.1, -0.05) is 30.3 Å². The molecule has 134 valence electrons. The summed E-state index contributed by atoms with van der Waals surface area (Å²) < 4.78 is 0. The van der Waals surface area contributed by atoms with Crippen LogP contribution in [0.25, 0.3) is 21.9 Å². The summed E-state index contributed by atoms with van der Waals surface area (Å²) in [6.07, 6.45) is 2.31. The molecule has 0 radical (unpaired) electrons. The Bertz CT molecular complexity index is 1130. The molecular weight excluding hydrogens is 336 g/mol. The van der Waals surface area contributed by atoms with Crippen molar-refractivity contribution < 1.29 is 4.79 Å². The van der Waals surface area contributed by atoms with Gasteiger partial charge in [-0.3, -0.25) is 9.78 Å². The highest BCUT2D eigenvalue weighted by Crippen LogP contribution is 2.40. The van der Waals surface area contributed by atoms with Gasteiger partial charge >= 0.3 is 0 Å². The number of hydrogen-bond acceptors (Lipinski definition) is 3. The number of benzene rings is 2. The molecule has 0 aliphatic heterocycles. The van der Waals surface area contributed by atoms with Crippen molar-refractivity contribution in [1.82, 2.24) is 20.3 Å². The van der Waals surface area contributed by atoms with Crippen molar-refractivity contribution in [3.63, 3.8) is 0 Å². The molecular formula is C22H20N4O. The first kappa shape index (κ1) is 16.0. The second kappa shape index (κ2) is 6.20. The molecule has 1 saturated carbocycles. The van der Waals surface area contributed by atoms with Crippen LogP contribution >= 0.6 is 0 Å². The molecule has 1 aliphatic carbocycles. The van der Waals surface area contributed by atoms with Crippen LogP contribution < -0.4 is 5.32 Å². The van der Waals surface area contributed by atoms with Crippen LogP contribution in [0.3, 0.4) is 0 Å². The molecule has 5 heteroatoms. The molecule has 1 atom stereocenters. The van der Waals surface area contributed by atoms with Crippen LogP contribution in [0.4, 0.5) is 0 Å². The standard InChI is InChI=1S/C22H20N4O/c1-13(21-25-18-8-4-5-9-19(18)26-21)23-22(27)16-12-20(14-10-11-14)24-17-7-3-2-6-15(16)17/h2-9,12-14H,10-11H2,1H3,(H,23,27)(H,25,26). The van der Waals surface area contributed by atoms with Gasteiger partial charge in [-0.05, 0) is 44.0 Å². The SMILES string of the molecule is CC(NC(=O)c1cc(C2CC2)nc2ccccc12)c1nc2ccccc2[nH]1. The fourth-order valence-electron chi connectivity index (χ4n) is 3.49. The smallest absolute Gasteiger partial charge is 0.252 e. The Morgan fingerprint density at radius 2 is 1.81 bits per heavy atom. The maximum absolute atomic E-state index is 13.1. The van der Waals surface area contributed by atoms with Crippen molar-refractivity contribution in [3.8, 4) is 0 Å². The minimum atomic E-state index is -0.221. The first-order valence-corrected chi connectivity index (χ1v) is 9.34. The fraction of sp³-hybridized carbons (Fsp3) is 0.227. The zero-order valence-electron chi connectivity index (χ0n) is 15.1. The second-order valence-corrected chi connectivity index (χ2v) is 7.22. The van der Waals surface area contributed by atoms with Crippen molar-refractivity contribution in [2.75, 3.05) is 0 Å². The summed E-state index contributed by atoms with van der Waals surface area (Å²) in [6, 6.07) is 17.4. The number of amides is 1. The number of aromatic amines is 1. The zero-order valence-corrected chi connectivity index (χ0v) is 15.1. The van der Waals surface area contributed by atoms with Crippen molar-refractivity contribution in [3.05, 3.63) is 71.7 Å². The highest BCUT2D eigenvalue weighted by molar-refractivity contribution is 6.06. The number of aromatic nitrogens is 3. The monoisotopic (exact) mass is 356 g/mol. The summed E-state index contributed by atoms with van der Waals surface area (Å²) in [6.45, 7) is 1.95. The van der Waals surface area contributed by atoms with Gasteiger partial charge in [0, 0.05) is 17.0 Å². The molecule has 2 aromatic heterocycles. The summed E-state index contributed by atoms with van der Waals surface area (Å²) in [5.41, 5.74) is 4.46. The highest BCUT2D eigenvalue weighted by Gasteiger charge is 2.27. The van der Waals surface area contributed by atoms with Crippen LogP contribution in [-0.2, 0) is 0 Å². The lowest BCUT2D eigenvalue weighted by atomic mass is 10.0. The topological polar surface area (TPSA) is 70.7 Å². The number of nitrogens with zero attached hydrogens (tertiary/aromatic N) is 2. The van der Waals surface area contributed by atoms with Crippen molar-refractivity contribution >= 4 is 27.8 Å². The van der Waals surface area contributed by atoms with E-state index in [9.17, 15) is 4.79 Å². The minimum absolute atomic E-state index is 0.0940. The lowest BCUT2D eigenvalue weighted by Gasteiger charge is -2.14. The number of rotatable bonds is 4.